The fourth-order valence-electron chi connectivity index (χ4n) is 2.38. The van der Waals surface area contributed by atoms with Crippen LogP contribution >= 0.6 is 0 Å². The van der Waals surface area contributed by atoms with E-state index < -0.39 is 0 Å². The summed E-state index contributed by atoms with van der Waals surface area (Å²) in [4.78, 5) is 20.5. The van der Waals surface area contributed by atoms with E-state index in [1.807, 2.05) is 13.0 Å². The molecule has 2 rings (SSSR count). The molecule has 1 aliphatic heterocycles. The Bertz CT molecular complexity index is 430. The molecule has 0 spiro atoms. The van der Waals surface area contributed by atoms with Crippen LogP contribution in [0, 0.1) is 0 Å². The van der Waals surface area contributed by atoms with Crippen LogP contribution in [0.3, 0.4) is 0 Å². The molecule has 1 N–H and O–H groups in total. The van der Waals surface area contributed by atoms with Gasteiger partial charge in [0, 0.05) is 37.9 Å². The zero-order valence-electron chi connectivity index (χ0n) is 11.4. The maximum atomic E-state index is 12.3. The average molecular weight is 263 g/mol. The Morgan fingerprint density at radius 3 is 2.84 bits per heavy atom. The number of nitrogens with zero attached hydrogens (tertiary/aromatic N) is 3. The van der Waals surface area contributed by atoms with Gasteiger partial charge in [0.1, 0.15) is 5.82 Å². The van der Waals surface area contributed by atoms with Crippen molar-refractivity contribution in [2.45, 2.75) is 19.8 Å². The molecular formula is C14H21N3O2. The Balaban J connectivity index is 2.15. The molecule has 5 heteroatoms. The van der Waals surface area contributed by atoms with E-state index in [0.29, 0.717) is 18.7 Å². The number of hydrogen-bond acceptors (Lipinski definition) is 4. The number of aliphatic hydroxyl groups excluding tert-OH is 1. The molecular weight excluding hydrogens is 242 g/mol. The summed E-state index contributed by atoms with van der Waals surface area (Å²) in [5.74, 6) is 0.836. The van der Waals surface area contributed by atoms with Crippen molar-refractivity contribution in [3.63, 3.8) is 0 Å². The largest absolute Gasteiger partial charge is 0.395 e. The number of anilines is 1. The van der Waals surface area contributed by atoms with Crippen molar-refractivity contribution in [2.75, 3.05) is 37.7 Å². The van der Waals surface area contributed by atoms with E-state index in [-0.39, 0.29) is 12.5 Å². The molecule has 1 aliphatic rings. The third-order valence-corrected chi connectivity index (χ3v) is 3.46. The van der Waals surface area contributed by atoms with E-state index in [4.69, 9.17) is 5.11 Å². The summed E-state index contributed by atoms with van der Waals surface area (Å²) in [7, 11) is 0. The first-order valence-electron chi connectivity index (χ1n) is 6.87. The summed E-state index contributed by atoms with van der Waals surface area (Å²) >= 11 is 0. The Morgan fingerprint density at radius 1 is 1.47 bits per heavy atom. The van der Waals surface area contributed by atoms with Crippen molar-refractivity contribution < 1.29 is 9.90 Å². The van der Waals surface area contributed by atoms with Crippen LogP contribution in [0.5, 0.6) is 0 Å². The van der Waals surface area contributed by atoms with Crippen LogP contribution in [0.1, 0.15) is 30.1 Å². The molecule has 0 aliphatic carbocycles. The standard InChI is InChI=1S/C14H21N3O2/c1-2-16(9-10-18)14(19)12-5-6-15-13(11-12)17-7-3-4-8-17/h5-6,11,18H,2-4,7-10H2,1H3. The second-order valence-electron chi connectivity index (χ2n) is 4.71. The predicted octanol–water partition coefficient (Wildman–Crippen LogP) is 1.14. The molecule has 1 saturated heterocycles. The summed E-state index contributed by atoms with van der Waals surface area (Å²) in [6, 6.07) is 3.59. The number of aromatic nitrogens is 1. The molecule has 0 aromatic carbocycles. The zero-order chi connectivity index (χ0) is 13.7. The quantitative estimate of drug-likeness (QED) is 0.865. The summed E-state index contributed by atoms with van der Waals surface area (Å²) < 4.78 is 0. The topological polar surface area (TPSA) is 56.7 Å². The van der Waals surface area contributed by atoms with Gasteiger partial charge in [-0.15, -0.1) is 0 Å². The molecule has 0 unspecified atom stereocenters. The van der Waals surface area contributed by atoms with Gasteiger partial charge in [0.15, 0.2) is 0 Å². The van der Waals surface area contributed by atoms with Gasteiger partial charge in [-0.05, 0) is 31.9 Å². The SMILES string of the molecule is CCN(CCO)C(=O)c1ccnc(N2CCCC2)c1. The van der Waals surface area contributed by atoms with Crippen LogP contribution in [-0.2, 0) is 0 Å². The smallest absolute Gasteiger partial charge is 0.254 e. The second kappa shape index (κ2) is 6.52. The molecule has 1 aromatic rings. The monoisotopic (exact) mass is 263 g/mol. The molecule has 1 fully saturated rings. The zero-order valence-corrected chi connectivity index (χ0v) is 11.4. The summed E-state index contributed by atoms with van der Waals surface area (Å²) in [5.41, 5.74) is 0.646. The van der Waals surface area contributed by atoms with Gasteiger partial charge in [-0.2, -0.15) is 0 Å². The van der Waals surface area contributed by atoms with E-state index in [1.54, 1.807) is 17.2 Å². The van der Waals surface area contributed by atoms with Crippen LogP contribution in [0.15, 0.2) is 18.3 Å². The minimum absolute atomic E-state index is 0.0103. The summed E-state index contributed by atoms with van der Waals surface area (Å²) in [5, 5.41) is 8.98. The van der Waals surface area contributed by atoms with Crippen molar-refractivity contribution in [1.82, 2.24) is 9.88 Å². The highest BCUT2D eigenvalue weighted by Crippen LogP contribution is 2.19. The van der Waals surface area contributed by atoms with Gasteiger partial charge in [0.25, 0.3) is 5.91 Å². The lowest BCUT2D eigenvalue weighted by atomic mass is 10.2. The molecule has 19 heavy (non-hydrogen) atoms. The molecule has 1 aromatic heterocycles. The first-order valence-corrected chi connectivity index (χ1v) is 6.87. The second-order valence-corrected chi connectivity index (χ2v) is 4.71. The maximum Gasteiger partial charge on any atom is 0.254 e. The van der Waals surface area contributed by atoms with Crippen molar-refractivity contribution in [3.05, 3.63) is 23.9 Å². The third-order valence-electron chi connectivity index (χ3n) is 3.46. The van der Waals surface area contributed by atoms with Gasteiger partial charge < -0.3 is 14.9 Å². The number of pyridine rings is 1. The highest BCUT2D eigenvalue weighted by atomic mass is 16.3. The normalized spacial score (nSPS) is 14.7. The number of aliphatic hydroxyl groups is 1. The van der Waals surface area contributed by atoms with Gasteiger partial charge in [0.05, 0.1) is 6.61 Å². The van der Waals surface area contributed by atoms with Gasteiger partial charge >= 0.3 is 0 Å². The molecule has 2 heterocycles. The predicted molar refractivity (Wildman–Crippen MR) is 74.3 cm³/mol. The number of hydrogen-bond donors (Lipinski definition) is 1. The van der Waals surface area contributed by atoms with Gasteiger partial charge in [0.2, 0.25) is 0 Å². The number of carbonyl (C=O) groups excluding carboxylic acids is 1. The fraction of sp³-hybridized carbons (Fsp3) is 0.571. The molecule has 1 amide bonds. The van der Waals surface area contributed by atoms with Crippen LogP contribution < -0.4 is 4.90 Å². The molecule has 0 atom stereocenters. The van der Waals surface area contributed by atoms with Crippen molar-refractivity contribution in [1.29, 1.82) is 0 Å². The summed E-state index contributed by atoms with van der Waals surface area (Å²) in [6.07, 6.45) is 4.06. The highest BCUT2D eigenvalue weighted by molar-refractivity contribution is 5.94. The third kappa shape index (κ3) is 3.23. The van der Waals surface area contributed by atoms with Crippen LogP contribution in [0.2, 0.25) is 0 Å². The Hall–Kier alpha value is -1.62. The van der Waals surface area contributed by atoms with Crippen LogP contribution in [-0.4, -0.2) is 53.7 Å². The van der Waals surface area contributed by atoms with Gasteiger partial charge in [-0.25, -0.2) is 4.98 Å². The minimum atomic E-state index is -0.0422. The van der Waals surface area contributed by atoms with Crippen molar-refractivity contribution >= 4 is 11.7 Å². The van der Waals surface area contributed by atoms with Crippen molar-refractivity contribution in [2.24, 2.45) is 0 Å². The number of likely N-dealkylation sites (N-methyl/N-ethyl adjacent to an activating group) is 1. The molecule has 104 valence electrons. The molecule has 0 bridgehead atoms. The van der Waals surface area contributed by atoms with Gasteiger partial charge in [-0.1, -0.05) is 0 Å². The van der Waals surface area contributed by atoms with Crippen LogP contribution in [0.4, 0.5) is 5.82 Å². The Morgan fingerprint density at radius 2 is 2.21 bits per heavy atom. The highest BCUT2D eigenvalue weighted by Gasteiger charge is 2.17. The average Bonchev–Trinajstić information content (AvgIpc) is 2.98. The molecule has 0 saturated carbocycles. The lowest BCUT2D eigenvalue weighted by molar-refractivity contribution is 0.0732. The number of amides is 1. The Labute approximate surface area is 113 Å². The molecule has 5 nitrogen and oxygen atoms in total. The van der Waals surface area contributed by atoms with E-state index in [2.05, 4.69) is 9.88 Å². The fourth-order valence-corrected chi connectivity index (χ4v) is 2.38. The molecule has 0 radical (unpaired) electrons. The van der Waals surface area contributed by atoms with Crippen molar-refractivity contribution in [3.8, 4) is 0 Å². The lowest BCUT2D eigenvalue weighted by Gasteiger charge is -2.21. The summed E-state index contributed by atoms with van der Waals surface area (Å²) in [6.45, 7) is 4.90. The lowest BCUT2D eigenvalue weighted by Crippen LogP contribution is -2.33. The van der Waals surface area contributed by atoms with E-state index in [9.17, 15) is 4.79 Å². The van der Waals surface area contributed by atoms with Crippen LogP contribution in [0.25, 0.3) is 0 Å². The Kier molecular flexibility index (Phi) is 4.74. The van der Waals surface area contributed by atoms with Gasteiger partial charge in [-0.3, -0.25) is 4.79 Å². The minimum Gasteiger partial charge on any atom is -0.395 e. The van der Waals surface area contributed by atoms with E-state index >= 15 is 0 Å². The maximum absolute atomic E-state index is 12.3. The number of rotatable bonds is 5. The number of carbonyl (C=O) groups is 1. The van der Waals surface area contributed by atoms with E-state index in [1.165, 1.54) is 12.8 Å². The first-order chi connectivity index (χ1) is 9.26. The first kappa shape index (κ1) is 13.8. The van der Waals surface area contributed by atoms with E-state index in [0.717, 1.165) is 18.9 Å².